The van der Waals surface area contributed by atoms with Gasteiger partial charge in [0.25, 0.3) is 0 Å². The van der Waals surface area contributed by atoms with E-state index in [0.717, 1.165) is 13.8 Å². The molecule has 246 valence electrons. The lowest BCUT2D eigenvalue weighted by atomic mass is 9.96. The van der Waals surface area contributed by atoms with Crippen molar-refractivity contribution in [2.45, 2.75) is 85.4 Å². The summed E-state index contributed by atoms with van der Waals surface area (Å²) < 4.78 is 26.7. The molecule has 15 nitrogen and oxygen atoms in total. The maximum Gasteiger partial charge on any atom is 0.651 e. The third kappa shape index (κ3) is 14.0. The zero-order valence-corrected chi connectivity index (χ0v) is 26.7. The largest absolute Gasteiger partial charge is 0.651 e. The van der Waals surface area contributed by atoms with Crippen molar-refractivity contribution in [3.05, 3.63) is 29.8 Å². The van der Waals surface area contributed by atoms with Gasteiger partial charge in [0.05, 0.1) is 12.5 Å². The van der Waals surface area contributed by atoms with Gasteiger partial charge in [-0.15, -0.1) is 0 Å². The summed E-state index contributed by atoms with van der Waals surface area (Å²) >= 11 is 0. The van der Waals surface area contributed by atoms with Crippen LogP contribution in [0.3, 0.4) is 0 Å². The lowest BCUT2D eigenvalue weighted by Crippen LogP contribution is -2.57. The smallest absolute Gasteiger partial charge is 0.480 e. The van der Waals surface area contributed by atoms with Gasteiger partial charge < -0.3 is 40.4 Å². The van der Waals surface area contributed by atoms with Crippen LogP contribution < -0.4 is 26.2 Å². The molecule has 6 N–H and O–H groups in total. The van der Waals surface area contributed by atoms with E-state index < -0.39 is 73.9 Å². The highest BCUT2D eigenvalue weighted by Gasteiger charge is 2.35. The number of carboxylic acid groups (broad SMARTS) is 1. The Morgan fingerprint density at radius 2 is 1.50 bits per heavy atom. The van der Waals surface area contributed by atoms with Crippen molar-refractivity contribution in [3.8, 4) is 5.75 Å². The van der Waals surface area contributed by atoms with E-state index in [0.29, 0.717) is 30.9 Å². The first-order chi connectivity index (χ1) is 20.5. The minimum Gasteiger partial charge on any atom is -0.480 e. The van der Waals surface area contributed by atoms with Gasteiger partial charge in [0.2, 0.25) is 17.7 Å². The van der Waals surface area contributed by atoms with Crippen molar-refractivity contribution in [1.82, 2.24) is 16.0 Å². The summed E-state index contributed by atoms with van der Waals surface area (Å²) in [5.74, 6) is -5.48. The molecule has 0 unspecified atom stereocenters. The second kappa shape index (κ2) is 18.0. The summed E-state index contributed by atoms with van der Waals surface area (Å²) in [7, 11) is -4.57. The van der Waals surface area contributed by atoms with Crippen LogP contribution in [0, 0.1) is 11.8 Å². The lowest BCUT2D eigenvalue weighted by molar-refractivity contribution is -0.144. The lowest BCUT2D eigenvalue weighted by Gasteiger charge is -2.26. The standard InChI is InChI=1S/C28H43N4O11P/c1-7-17(4)25(27(37)31-23(28(38)39)15-24(35)30-13-12-16(2)3)32-26(36)22(29)14-20-8-10-21(11-9-20)43-44(40,41-18(5)33)42-19(6)34/h8-11,16-17,22-23,25H,7,12-15,29H2,1-6H3,(H,30,35)(H,31,37)(H,32,36)(H,38,39)/t17-,22-,23-,25-/m0/s1. The van der Waals surface area contributed by atoms with Crippen LogP contribution in [-0.4, -0.2) is 65.4 Å². The number of phosphoric acid groups is 1. The van der Waals surface area contributed by atoms with Crippen molar-refractivity contribution in [2.75, 3.05) is 6.54 Å². The minimum atomic E-state index is -4.57. The Hall–Kier alpha value is -3.97. The molecule has 0 aliphatic carbocycles. The number of amides is 3. The number of hydrogen-bond donors (Lipinski definition) is 5. The highest BCUT2D eigenvalue weighted by molar-refractivity contribution is 7.50. The highest BCUT2D eigenvalue weighted by Crippen LogP contribution is 2.49. The van der Waals surface area contributed by atoms with E-state index in [1.54, 1.807) is 13.8 Å². The molecule has 1 aromatic carbocycles. The van der Waals surface area contributed by atoms with E-state index in [9.17, 15) is 38.4 Å². The average Bonchev–Trinajstić information content (AvgIpc) is 2.90. The van der Waals surface area contributed by atoms with Crippen LogP contribution in [0.1, 0.15) is 66.4 Å². The molecule has 16 heteroatoms. The molecule has 3 amide bonds. The second-order valence-electron chi connectivity index (χ2n) is 10.7. The van der Waals surface area contributed by atoms with Crippen LogP contribution in [0.15, 0.2) is 24.3 Å². The third-order valence-corrected chi connectivity index (χ3v) is 7.65. The fourth-order valence-corrected chi connectivity index (χ4v) is 4.84. The monoisotopic (exact) mass is 642 g/mol. The van der Waals surface area contributed by atoms with Crippen LogP contribution in [0.5, 0.6) is 5.75 Å². The molecule has 0 aromatic heterocycles. The fourth-order valence-electron chi connectivity index (χ4n) is 3.71. The maximum atomic E-state index is 13.1. The van der Waals surface area contributed by atoms with Crippen LogP contribution in [0.25, 0.3) is 0 Å². The third-order valence-electron chi connectivity index (χ3n) is 6.25. The van der Waals surface area contributed by atoms with Gasteiger partial charge in [0, 0.05) is 20.4 Å². The van der Waals surface area contributed by atoms with Gasteiger partial charge in [0.15, 0.2) is 0 Å². The maximum absolute atomic E-state index is 13.1. The molecule has 0 saturated carbocycles. The first-order valence-electron chi connectivity index (χ1n) is 14.1. The number of carboxylic acids is 1. The Bertz CT molecular complexity index is 1200. The SMILES string of the molecule is CC[C@H](C)[C@H](NC(=O)[C@@H](N)Cc1ccc(OP(=O)(OC(C)=O)OC(C)=O)cc1)C(=O)N[C@@H](CC(=O)NCCC(C)C)C(=O)O. The van der Waals surface area contributed by atoms with Crippen molar-refractivity contribution < 1.29 is 52.0 Å². The summed E-state index contributed by atoms with van der Waals surface area (Å²) in [6, 6.07) is 1.87. The molecular weight excluding hydrogens is 599 g/mol. The topological polar surface area (TPSA) is 230 Å². The quantitative estimate of drug-likeness (QED) is 0.144. The van der Waals surface area contributed by atoms with Crippen molar-refractivity contribution in [3.63, 3.8) is 0 Å². The van der Waals surface area contributed by atoms with Gasteiger partial charge >= 0.3 is 25.7 Å². The molecule has 0 saturated heterocycles. The first kappa shape index (κ1) is 38.1. The number of aliphatic carboxylic acids is 1. The van der Waals surface area contributed by atoms with Gasteiger partial charge in [-0.3, -0.25) is 24.0 Å². The summed E-state index contributed by atoms with van der Waals surface area (Å²) in [5.41, 5.74) is 6.63. The van der Waals surface area contributed by atoms with E-state index in [1.807, 2.05) is 13.8 Å². The normalized spacial score (nSPS) is 13.9. The molecule has 0 heterocycles. The number of nitrogens with two attached hydrogens (primary N) is 1. The molecule has 44 heavy (non-hydrogen) atoms. The van der Waals surface area contributed by atoms with Crippen LogP contribution in [-0.2, 0) is 48.8 Å². The number of nitrogens with one attached hydrogen (secondary N) is 3. The van der Waals surface area contributed by atoms with Gasteiger partial charge in [0.1, 0.15) is 17.8 Å². The fraction of sp³-hybridized carbons (Fsp3) is 0.571. The average molecular weight is 643 g/mol. The van der Waals surface area contributed by atoms with Gasteiger partial charge in [-0.05, 0) is 42.4 Å². The Balaban J connectivity index is 2.89. The molecule has 1 aromatic rings. The molecule has 0 aliphatic rings. The van der Waals surface area contributed by atoms with E-state index in [2.05, 4.69) is 25.0 Å². The van der Waals surface area contributed by atoms with Crippen LogP contribution in [0.4, 0.5) is 0 Å². The summed E-state index contributed by atoms with van der Waals surface area (Å²) in [6.07, 6.45) is 0.703. The Labute approximate surface area is 256 Å². The number of carbonyl (C=O) groups excluding carboxylic acids is 5. The zero-order valence-electron chi connectivity index (χ0n) is 25.8. The van der Waals surface area contributed by atoms with E-state index in [1.165, 1.54) is 24.3 Å². The Kier molecular flexibility index (Phi) is 15.6. The number of carbonyl (C=O) groups is 6. The molecule has 0 radical (unpaired) electrons. The second-order valence-corrected chi connectivity index (χ2v) is 12.1. The predicted octanol–water partition coefficient (Wildman–Crippen LogP) is 1.82. The summed E-state index contributed by atoms with van der Waals surface area (Å²) in [5, 5.41) is 17.2. The number of benzene rings is 1. The van der Waals surface area contributed by atoms with Crippen molar-refractivity contribution in [2.24, 2.45) is 17.6 Å². The van der Waals surface area contributed by atoms with Gasteiger partial charge in [-0.2, -0.15) is 4.57 Å². The first-order valence-corrected chi connectivity index (χ1v) is 15.6. The van der Waals surface area contributed by atoms with E-state index in [4.69, 9.17) is 10.3 Å². The molecule has 4 atom stereocenters. The van der Waals surface area contributed by atoms with Crippen molar-refractivity contribution in [1.29, 1.82) is 0 Å². The van der Waals surface area contributed by atoms with Gasteiger partial charge in [-0.25, -0.2) is 4.79 Å². The van der Waals surface area contributed by atoms with E-state index in [-0.39, 0.29) is 12.2 Å². The van der Waals surface area contributed by atoms with Crippen LogP contribution >= 0.6 is 7.82 Å². The highest BCUT2D eigenvalue weighted by atomic mass is 31.2. The molecule has 0 spiro atoms. The molecule has 0 fully saturated rings. The number of hydrogen-bond acceptors (Lipinski definition) is 11. The van der Waals surface area contributed by atoms with Gasteiger partial charge in [-0.1, -0.05) is 46.2 Å². The number of phosphoric ester groups is 1. The molecule has 0 aliphatic heterocycles. The Morgan fingerprint density at radius 3 is 1.98 bits per heavy atom. The summed E-state index contributed by atoms with van der Waals surface area (Å²) in [6.45, 7) is 9.76. The number of rotatable bonds is 18. The zero-order chi connectivity index (χ0) is 33.6. The molecular formula is C28H43N4O11P. The molecule has 0 bridgehead atoms. The van der Waals surface area contributed by atoms with E-state index >= 15 is 0 Å². The summed E-state index contributed by atoms with van der Waals surface area (Å²) in [4.78, 5) is 72.5. The van der Waals surface area contributed by atoms with Crippen LogP contribution in [0.2, 0.25) is 0 Å². The minimum absolute atomic E-state index is 0.000804. The molecule has 1 rings (SSSR count). The Morgan fingerprint density at radius 1 is 0.932 bits per heavy atom. The van der Waals surface area contributed by atoms with Crippen molar-refractivity contribution >= 4 is 43.5 Å². The predicted molar refractivity (Wildman–Crippen MR) is 158 cm³/mol.